The number of hydrogen-bond donors (Lipinski definition) is 6. The first-order valence-electron chi connectivity index (χ1n) is 17.7. The predicted molar refractivity (Wildman–Crippen MR) is 169 cm³/mol. The molecule has 7 N–H and O–H groups in total. The summed E-state index contributed by atoms with van der Waals surface area (Å²) in [6.45, 7) is 6.28. The van der Waals surface area contributed by atoms with Crippen molar-refractivity contribution in [2.75, 3.05) is 26.4 Å². The van der Waals surface area contributed by atoms with Gasteiger partial charge in [-0.3, -0.25) is 14.8 Å². The van der Waals surface area contributed by atoms with Crippen LogP contribution in [0.25, 0.3) is 0 Å². The lowest BCUT2D eigenvalue weighted by molar-refractivity contribution is -0.335. The van der Waals surface area contributed by atoms with E-state index < -0.39 is 23.9 Å². The molecule has 0 spiro atoms. The van der Waals surface area contributed by atoms with Gasteiger partial charge in [-0.2, -0.15) is 11.4 Å². The summed E-state index contributed by atoms with van der Waals surface area (Å²) in [5.41, 5.74) is 3.08. The molecule has 4 aliphatic carbocycles. The van der Waals surface area contributed by atoms with Gasteiger partial charge >= 0.3 is 5.97 Å². The normalized spacial score (nSPS) is 35.3. The highest BCUT2D eigenvalue weighted by Gasteiger charge is 2.41. The van der Waals surface area contributed by atoms with E-state index in [0.717, 1.165) is 64.2 Å². The molecule has 0 aromatic carbocycles. The summed E-state index contributed by atoms with van der Waals surface area (Å²) < 4.78 is 12.6. The van der Waals surface area contributed by atoms with E-state index in [2.05, 4.69) is 34.5 Å². The van der Waals surface area contributed by atoms with Crippen LogP contribution in [0.5, 0.6) is 0 Å². The van der Waals surface area contributed by atoms with Crippen LogP contribution in [0.15, 0.2) is 0 Å². The second-order valence-electron chi connectivity index (χ2n) is 15.1. The van der Waals surface area contributed by atoms with Gasteiger partial charge in [-0.15, -0.1) is 4.99 Å². The van der Waals surface area contributed by atoms with Crippen molar-refractivity contribution in [2.24, 2.45) is 35.0 Å². The Hall–Kier alpha value is -1.46. The number of amides is 1. The van der Waals surface area contributed by atoms with Gasteiger partial charge in [-0.25, -0.2) is 9.78 Å². The number of hydrogen-bond acceptors (Lipinski definition) is 12. The molecule has 6 atom stereocenters. The van der Waals surface area contributed by atoms with E-state index in [-0.39, 0.29) is 66.6 Å². The predicted octanol–water partition coefficient (Wildman–Crippen LogP) is 3.26. The van der Waals surface area contributed by atoms with Gasteiger partial charge in [0.05, 0.1) is 62.7 Å². The fraction of sp³-hybridized carbons (Fsp3) is 0.939. The van der Waals surface area contributed by atoms with Crippen molar-refractivity contribution in [1.29, 1.82) is 0 Å². The number of carbonyl (C=O) groups is 2. The minimum Gasteiger partial charge on any atom is -0.481 e. The SMILES string of the molecule is CC(C)(COC1CCC(NOCC2CC(O)CCC2COO)CC1)COC1CCC(NC(=O)C2CC(OON)CCC2C(=O)O)CC1. The minimum atomic E-state index is -0.964. The lowest BCUT2D eigenvalue weighted by atomic mass is 9.77. The third-order valence-electron chi connectivity index (χ3n) is 10.7. The van der Waals surface area contributed by atoms with Gasteiger partial charge in [0, 0.05) is 17.5 Å². The van der Waals surface area contributed by atoms with Crippen LogP contribution in [-0.4, -0.2) is 90.3 Å². The number of aliphatic hydroxyl groups is 1. The minimum absolute atomic E-state index is 0.00635. The summed E-state index contributed by atoms with van der Waals surface area (Å²) in [4.78, 5) is 44.3. The number of carbonyl (C=O) groups excluding carboxylic acids is 1. The molecule has 6 unspecified atom stereocenters. The Labute approximate surface area is 278 Å². The lowest BCUT2D eigenvalue weighted by Crippen LogP contribution is -2.47. The fourth-order valence-electron chi connectivity index (χ4n) is 7.74. The Morgan fingerprint density at radius 1 is 0.766 bits per heavy atom. The summed E-state index contributed by atoms with van der Waals surface area (Å²) in [7, 11) is 0. The second kappa shape index (κ2) is 19.1. The highest BCUT2D eigenvalue weighted by atomic mass is 17.3. The summed E-state index contributed by atoms with van der Waals surface area (Å²) in [5.74, 6) is 2.72. The van der Waals surface area contributed by atoms with Crippen molar-refractivity contribution in [3.05, 3.63) is 0 Å². The molecule has 4 saturated carbocycles. The van der Waals surface area contributed by atoms with Crippen LogP contribution in [0.3, 0.4) is 0 Å². The zero-order valence-corrected chi connectivity index (χ0v) is 28.2. The zero-order chi connectivity index (χ0) is 33.8. The molecule has 14 nitrogen and oxygen atoms in total. The highest BCUT2D eigenvalue weighted by Crippen LogP contribution is 2.34. The van der Waals surface area contributed by atoms with Gasteiger partial charge in [0.1, 0.15) is 0 Å². The van der Waals surface area contributed by atoms with Crippen molar-refractivity contribution in [2.45, 2.75) is 140 Å². The number of aliphatic hydroxyl groups excluding tert-OH is 1. The second-order valence-corrected chi connectivity index (χ2v) is 15.1. The monoisotopic (exact) mass is 673 g/mol. The standard InChI is InChI=1S/C33H59N3O11/c1-33(2,20-43-27-11-6-24(7-12-27)36-44-17-22-15-25(37)8-3-21(22)18-45-41)19-42-26-9-4-23(5-10-26)35-31(38)30-16-28(46-47-34)13-14-29(30)32(39)40/h21-30,36-37,41H,3-20,34H2,1-2H3,(H,35,38)(H,39,40). The van der Waals surface area contributed by atoms with E-state index in [4.69, 9.17) is 30.4 Å². The van der Waals surface area contributed by atoms with Gasteiger partial charge < -0.3 is 29.8 Å². The molecule has 4 fully saturated rings. The maximum Gasteiger partial charge on any atom is 0.307 e. The van der Waals surface area contributed by atoms with Crippen LogP contribution in [0.4, 0.5) is 0 Å². The van der Waals surface area contributed by atoms with Crippen molar-refractivity contribution < 1.29 is 54.1 Å². The van der Waals surface area contributed by atoms with Crippen molar-refractivity contribution in [3.8, 4) is 0 Å². The van der Waals surface area contributed by atoms with Crippen LogP contribution in [0.2, 0.25) is 0 Å². The first-order chi connectivity index (χ1) is 22.6. The number of nitrogens with one attached hydrogen (secondary N) is 2. The topological polar surface area (TPSA) is 200 Å². The number of hydroxylamine groups is 1. The van der Waals surface area contributed by atoms with Crippen LogP contribution in [0.1, 0.15) is 104 Å². The molecule has 0 saturated heterocycles. The molecular weight excluding hydrogens is 614 g/mol. The van der Waals surface area contributed by atoms with Crippen molar-refractivity contribution in [1.82, 2.24) is 10.8 Å². The molecule has 0 bridgehead atoms. The average molecular weight is 674 g/mol. The lowest BCUT2D eigenvalue weighted by Gasteiger charge is -2.36. The quantitative estimate of drug-likeness (QED) is 0.0972. The number of ether oxygens (including phenoxy) is 2. The molecule has 0 heterocycles. The third-order valence-corrected chi connectivity index (χ3v) is 10.7. The number of carboxylic acids is 1. The molecule has 272 valence electrons. The van der Waals surface area contributed by atoms with Crippen LogP contribution in [-0.2, 0) is 38.7 Å². The molecule has 0 aromatic rings. The molecule has 4 aliphatic rings. The smallest absolute Gasteiger partial charge is 0.307 e. The summed E-state index contributed by atoms with van der Waals surface area (Å²) in [6.07, 6.45) is 9.99. The average Bonchev–Trinajstić information content (AvgIpc) is 3.05. The van der Waals surface area contributed by atoms with E-state index in [1.165, 1.54) is 0 Å². The number of carboxylic acid groups (broad SMARTS) is 1. The Morgan fingerprint density at radius 3 is 1.98 bits per heavy atom. The van der Waals surface area contributed by atoms with Gasteiger partial charge in [0.2, 0.25) is 5.91 Å². The Morgan fingerprint density at radius 2 is 1.38 bits per heavy atom. The Balaban J connectivity index is 1.07. The van der Waals surface area contributed by atoms with Crippen LogP contribution >= 0.6 is 0 Å². The van der Waals surface area contributed by atoms with Gasteiger partial charge in [0.15, 0.2) is 0 Å². The maximum atomic E-state index is 13.1. The van der Waals surface area contributed by atoms with E-state index in [9.17, 15) is 19.8 Å². The Kier molecular flexibility index (Phi) is 15.6. The van der Waals surface area contributed by atoms with Crippen molar-refractivity contribution in [3.63, 3.8) is 0 Å². The van der Waals surface area contributed by atoms with Gasteiger partial charge in [-0.05, 0) is 102 Å². The largest absolute Gasteiger partial charge is 0.481 e. The molecule has 4 rings (SSSR count). The number of rotatable bonds is 17. The van der Waals surface area contributed by atoms with E-state index >= 15 is 0 Å². The fourth-order valence-corrected chi connectivity index (χ4v) is 7.74. The number of nitrogens with two attached hydrogens (primary N) is 1. The summed E-state index contributed by atoms with van der Waals surface area (Å²) >= 11 is 0. The van der Waals surface area contributed by atoms with Crippen LogP contribution < -0.4 is 16.7 Å². The summed E-state index contributed by atoms with van der Waals surface area (Å²) in [5, 5.41) is 31.6. The highest BCUT2D eigenvalue weighted by molar-refractivity contribution is 5.85. The van der Waals surface area contributed by atoms with E-state index in [0.29, 0.717) is 39.1 Å². The zero-order valence-electron chi connectivity index (χ0n) is 28.2. The van der Waals surface area contributed by atoms with Gasteiger partial charge in [-0.1, -0.05) is 13.8 Å². The third kappa shape index (κ3) is 12.4. The summed E-state index contributed by atoms with van der Waals surface area (Å²) in [6, 6.07) is 0.262. The molecular formula is C33H59N3O11. The van der Waals surface area contributed by atoms with E-state index in [1.54, 1.807) is 0 Å². The molecule has 0 aliphatic heterocycles. The molecule has 0 aromatic heterocycles. The first-order valence-corrected chi connectivity index (χ1v) is 17.7. The molecule has 1 amide bonds. The first kappa shape index (κ1) is 38.3. The molecule has 0 radical (unpaired) electrons. The van der Waals surface area contributed by atoms with Crippen LogP contribution in [0, 0.1) is 29.1 Å². The Bertz CT molecular complexity index is 943. The van der Waals surface area contributed by atoms with Crippen molar-refractivity contribution >= 4 is 11.9 Å². The molecule has 14 heteroatoms. The van der Waals surface area contributed by atoms with E-state index in [1.807, 2.05) is 0 Å². The molecule has 47 heavy (non-hydrogen) atoms. The van der Waals surface area contributed by atoms with Gasteiger partial charge in [0.25, 0.3) is 0 Å². The number of aliphatic carboxylic acids is 1. The maximum absolute atomic E-state index is 13.1.